The molecule has 426 valence electrons. The molecule has 0 aliphatic carbocycles. The van der Waals surface area contributed by atoms with Crippen molar-refractivity contribution in [1.82, 2.24) is 34.5 Å². The van der Waals surface area contributed by atoms with Crippen LogP contribution < -0.4 is 0 Å². The lowest BCUT2D eigenvalue weighted by Gasteiger charge is -2.27. The molecule has 16 aromatic rings. The molecule has 0 aliphatic rings. The minimum Gasteiger partial charge on any atom is -0.309 e. The van der Waals surface area contributed by atoms with Gasteiger partial charge in [-0.15, -0.1) is 0 Å². The highest BCUT2D eigenvalue weighted by Crippen LogP contribution is 2.56. The lowest BCUT2D eigenvalue weighted by atomic mass is 9.78. The largest absolute Gasteiger partial charge is 0.309 e. The number of fused-ring (bicyclic) bond motifs is 3. The van der Waals surface area contributed by atoms with Crippen LogP contribution in [0.4, 0.5) is 0 Å². The quantitative estimate of drug-likeness (QED) is 0.114. The van der Waals surface area contributed by atoms with Crippen molar-refractivity contribution < 1.29 is 0 Å². The average Bonchev–Trinajstić information content (AvgIpc) is 1.24. The number of para-hydroxylation sites is 2. The van der Waals surface area contributed by atoms with Crippen molar-refractivity contribution in [3.63, 3.8) is 0 Å². The summed E-state index contributed by atoms with van der Waals surface area (Å²) < 4.78 is 2.36. The van der Waals surface area contributed by atoms with Crippen LogP contribution in [0.15, 0.2) is 334 Å². The Hall–Kier alpha value is -12.3. The standard InChI is InChI=1S/C84H55N7/c1-10-30-56(31-11-1)68-53-69(57-32-12-2-13-33-57)86-82(85-68)79-76(62-42-22-7-23-43-62)80(83-87-70(58-34-14-3-15-35-58)54-71(88-83)59-36-16-4-17-37-59)78(64-50-51-75-67(52-64)66-48-28-29-49-74(66)91(75)65-46-26-9-27-47-65)81(77(79)63-44-24-8-25-45-63)84-89-72(60-38-18-5-19-39-60)55-73(90-84)61-40-20-6-21-41-61/h1-55H. The summed E-state index contributed by atoms with van der Waals surface area (Å²) in [6.07, 6.45) is 0. The first-order chi connectivity index (χ1) is 45.1. The molecule has 4 heterocycles. The normalized spacial score (nSPS) is 11.3. The summed E-state index contributed by atoms with van der Waals surface area (Å²) in [6.45, 7) is 0. The van der Waals surface area contributed by atoms with Crippen LogP contribution in [0.25, 0.3) is 163 Å². The van der Waals surface area contributed by atoms with Gasteiger partial charge in [-0.25, -0.2) is 29.9 Å². The van der Waals surface area contributed by atoms with E-state index in [1.807, 2.05) is 36.4 Å². The van der Waals surface area contributed by atoms with Crippen LogP contribution in [0, 0.1) is 0 Å². The SMILES string of the molecule is c1ccc(-c2cc(-c3ccccc3)nc(-c3c(-c4ccccc4)c(-c4nc(-c5ccccc5)cc(-c5ccccc5)n4)c(-c4ccc5c(c4)c4ccccc4n5-c4ccccc4)c(-c4nc(-c5ccccc5)cc(-c5ccccc5)n4)c3-c3ccccc3)n2)cc1. The van der Waals surface area contributed by atoms with Gasteiger partial charge in [-0.3, -0.25) is 0 Å². The molecule has 0 atom stereocenters. The molecular weight excluding hydrogens is 1110 g/mol. The van der Waals surface area contributed by atoms with E-state index < -0.39 is 0 Å². The molecule has 4 aromatic heterocycles. The Morgan fingerprint density at radius 2 is 0.429 bits per heavy atom. The molecular formula is C84H55N7. The molecule has 0 saturated carbocycles. The van der Waals surface area contributed by atoms with Gasteiger partial charge >= 0.3 is 0 Å². The summed E-state index contributed by atoms with van der Waals surface area (Å²) in [5, 5.41) is 2.18. The van der Waals surface area contributed by atoms with Crippen LogP contribution in [0.2, 0.25) is 0 Å². The number of hydrogen-bond acceptors (Lipinski definition) is 6. The molecule has 12 aromatic carbocycles. The predicted molar refractivity (Wildman–Crippen MR) is 373 cm³/mol. The van der Waals surface area contributed by atoms with Crippen molar-refractivity contribution >= 4 is 21.8 Å². The molecule has 7 nitrogen and oxygen atoms in total. The zero-order valence-corrected chi connectivity index (χ0v) is 49.4. The molecule has 0 radical (unpaired) electrons. The second-order valence-electron chi connectivity index (χ2n) is 22.5. The second kappa shape index (κ2) is 23.7. The van der Waals surface area contributed by atoms with Gasteiger partial charge in [-0.1, -0.05) is 285 Å². The third-order valence-electron chi connectivity index (χ3n) is 16.9. The Morgan fingerprint density at radius 3 is 0.747 bits per heavy atom. The Kier molecular flexibility index (Phi) is 14.1. The van der Waals surface area contributed by atoms with E-state index in [0.717, 1.165) is 145 Å². The molecule has 91 heavy (non-hydrogen) atoms. The van der Waals surface area contributed by atoms with Gasteiger partial charge in [0.1, 0.15) is 0 Å². The van der Waals surface area contributed by atoms with Gasteiger partial charge in [0.15, 0.2) is 17.5 Å². The Morgan fingerprint density at radius 1 is 0.176 bits per heavy atom. The molecule has 0 unspecified atom stereocenters. The minimum atomic E-state index is 0.493. The summed E-state index contributed by atoms with van der Waals surface area (Å²) in [5.41, 5.74) is 20.9. The summed E-state index contributed by atoms with van der Waals surface area (Å²) in [7, 11) is 0. The molecule has 0 spiro atoms. The van der Waals surface area contributed by atoms with Crippen LogP contribution in [-0.4, -0.2) is 34.5 Å². The average molecular weight is 1160 g/mol. The summed E-state index contributed by atoms with van der Waals surface area (Å²) in [4.78, 5) is 35.1. The maximum Gasteiger partial charge on any atom is 0.161 e. The fourth-order valence-electron chi connectivity index (χ4n) is 12.7. The van der Waals surface area contributed by atoms with Gasteiger partial charge in [-0.2, -0.15) is 0 Å². The van der Waals surface area contributed by atoms with Gasteiger partial charge in [0.25, 0.3) is 0 Å². The maximum absolute atomic E-state index is 5.86. The third kappa shape index (κ3) is 10.3. The van der Waals surface area contributed by atoms with E-state index in [4.69, 9.17) is 29.9 Å². The lowest BCUT2D eigenvalue weighted by molar-refractivity contribution is 1.16. The highest BCUT2D eigenvalue weighted by Gasteiger charge is 2.34. The zero-order valence-electron chi connectivity index (χ0n) is 49.4. The van der Waals surface area contributed by atoms with E-state index in [9.17, 15) is 0 Å². The number of benzene rings is 12. The minimum absolute atomic E-state index is 0.493. The number of nitrogens with zero attached hydrogens (tertiary/aromatic N) is 7. The second-order valence-corrected chi connectivity index (χ2v) is 22.5. The first-order valence-corrected chi connectivity index (χ1v) is 30.6. The highest BCUT2D eigenvalue weighted by molar-refractivity contribution is 6.16. The van der Waals surface area contributed by atoms with E-state index in [0.29, 0.717) is 17.5 Å². The molecule has 0 N–H and O–H groups in total. The van der Waals surface area contributed by atoms with Crippen molar-refractivity contribution in [3.05, 3.63) is 334 Å². The fourth-order valence-corrected chi connectivity index (χ4v) is 12.7. The zero-order chi connectivity index (χ0) is 60.5. The number of hydrogen-bond donors (Lipinski definition) is 0. The first kappa shape index (κ1) is 54.1. The monoisotopic (exact) mass is 1160 g/mol. The van der Waals surface area contributed by atoms with E-state index >= 15 is 0 Å². The molecule has 0 bridgehead atoms. The van der Waals surface area contributed by atoms with Crippen LogP contribution in [0.5, 0.6) is 0 Å². The maximum atomic E-state index is 5.86. The summed E-state index contributed by atoms with van der Waals surface area (Å²) in [6, 6.07) is 116. The van der Waals surface area contributed by atoms with Crippen molar-refractivity contribution in [2.45, 2.75) is 0 Å². The smallest absolute Gasteiger partial charge is 0.161 e. The van der Waals surface area contributed by atoms with Crippen LogP contribution in [0.1, 0.15) is 0 Å². The summed E-state index contributed by atoms with van der Waals surface area (Å²) in [5.74, 6) is 1.49. The first-order valence-electron chi connectivity index (χ1n) is 30.6. The fraction of sp³-hybridized carbons (Fsp3) is 0. The van der Waals surface area contributed by atoms with Crippen molar-refractivity contribution in [2.75, 3.05) is 0 Å². The van der Waals surface area contributed by atoms with Crippen LogP contribution in [0.3, 0.4) is 0 Å². The third-order valence-corrected chi connectivity index (χ3v) is 16.9. The van der Waals surface area contributed by atoms with Gasteiger partial charge in [0, 0.05) is 83.2 Å². The van der Waals surface area contributed by atoms with E-state index in [1.165, 1.54) is 0 Å². The molecule has 0 saturated heterocycles. The number of aromatic nitrogens is 7. The topological polar surface area (TPSA) is 82.3 Å². The molecule has 0 aliphatic heterocycles. The van der Waals surface area contributed by atoms with E-state index in [2.05, 4.69) is 302 Å². The number of rotatable bonds is 13. The van der Waals surface area contributed by atoms with E-state index in [1.54, 1.807) is 0 Å². The Labute approximate surface area is 527 Å². The molecule has 0 fully saturated rings. The molecule has 16 rings (SSSR count). The summed E-state index contributed by atoms with van der Waals surface area (Å²) >= 11 is 0. The van der Waals surface area contributed by atoms with Crippen molar-refractivity contribution in [3.8, 4) is 141 Å². The highest BCUT2D eigenvalue weighted by atomic mass is 15.0. The van der Waals surface area contributed by atoms with Gasteiger partial charge in [0.05, 0.1) is 45.2 Å². The predicted octanol–water partition coefficient (Wildman–Crippen LogP) is 21.2. The Bertz CT molecular complexity index is 4920. The lowest BCUT2D eigenvalue weighted by Crippen LogP contribution is -2.08. The van der Waals surface area contributed by atoms with Crippen molar-refractivity contribution in [1.29, 1.82) is 0 Å². The van der Waals surface area contributed by atoms with Crippen LogP contribution in [-0.2, 0) is 0 Å². The molecule has 0 amide bonds. The van der Waals surface area contributed by atoms with E-state index in [-0.39, 0.29) is 0 Å². The van der Waals surface area contributed by atoms with Crippen LogP contribution >= 0.6 is 0 Å². The van der Waals surface area contributed by atoms with Gasteiger partial charge in [0.2, 0.25) is 0 Å². The van der Waals surface area contributed by atoms with Gasteiger partial charge in [-0.05, 0) is 65.2 Å². The van der Waals surface area contributed by atoms with Crippen molar-refractivity contribution in [2.24, 2.45) is 0 Å². The molecule has 7 heteroatoms. The Balaban J connectivity index is 1.18. The van der Waals surface area contributed by atoms with Gasteiger partial charge < -0.3 is 4.57 Å².